The second-order valence-corrected chi connectivity index (χ2v) is 6.60. The van der Waals surface area contributed by atoms with Gasteiger partial charge in [-0.3, -0.25) is 9.20 Å². The molecule has 5 rings (SSSR count). The van der Waals surface area contributed by atoms with Crippen molar-refractivity contribution in [3.63, 3.8) is 0 Å². The van der Waals surface area contributed by atoms with Crippen LogP contribution in [-0.4, -0.2) is 20.5 Å². The summed E-state index contributed by atoms with van der Waals surface area (Å²) < 4.78 is 1.89. The Bertz CT molecular complexity index is 1170. The fourth-order valence-electron chi connectivity index (χ4n) is 3.40. The highest BCUT2D eigenvalue weighted by Crippen LogP contribution is 2.37. The van der Waals surface area contributed by atoms with Crippen molar-refractivity contribution in [2.24, 2.45) is 0 Å². The average molecular weight is 361 g/mol. The van der Waals surface area contributed by atoms with Crippen molar-refractivity contribution in [3.05, 3.63) is 83.0 Å². The van der Waals surface area contributed by atoms with Gasteiger partial charge < -0.3 is 4.90 Å². The summed E-state index contributed by atoms with van der Waals surface area (Å²) >= 11 is 6.26. The number of amides is 1. The maximum atomic E-state index is 12.9. The maximum Gasteiger partial charge on any atom is 0.258 e. The van der Waals surface area contributed by atoms with Crippen LogP contribution in [0.25, 0.3) is 17.0 Å². The van der Waals surface area contributed by atoms with Gasteiger partial charge in [0, 0.05) is 22.3 Å². The van der Waals surface area contributed by atoms with E-state index in [9.17, 15) is 4.79 Å². The molecule has 1 aliphatic heterocycles. The molecule has 0 bridgehead atoms. The molecule has 0 atom stereocenters. The summed E-state index contributed by atoms with van der Waals surface area (Å²) in [7, 11) is 0. The van der Waals surface area contributed by atoms with Crippen LogP contribution in [0.15, 0.2) is 66.9 Å². The van der Waals surface area contributed by atoms with E-state index in [4.69, 9.17) is 11.6 Å². The number of carbonyl (C=O) groups excluding carboxylic acids is 1. The Hall–Kier alpha value is -3.18. The zero-order valence-corrected chi connectivity index (χ0v) is 14.4. The highest BCUT2D eigenvalue weighted by molar-refractivity contribution is 6.31. The molecule has 0 fully saturated rings. The SMILES string of the molecule is O=C1c2ccccc2CN1c1ccc(Cl)cc1-c1nnc2ccccn12. The van der Waals surface area contributed by atoms with Gasteiger partial charge in [0.05, 0.1) is 12.2 Å². The van der Waals surface area contributed by atoms with Crippen LogP contribution in [0.4, 0.5) is 5.69 Å². The van der Waals surface area contributed by atoms with Gasteiger partial charge in [0.15, 0.2) is 11.5 Å². The molecule has 26 heavy (non-hydrogen) atoms. The number of benzene rings is 2. The molecule has 0 saturated heterocycles. The summed E-state index contributed by atoms with van der Waals surface area (Å²) in [5.41, 5.74) is 4.04. The molecule has 1 amide bonds. The second kappa shape index (κ2) is 5.68. The molecule has 0 radical (unpaired) electrons. The molecule has 3 heterocycles. The number of aromatic nitrogens is 3. The molecule has 0 spiro atoms. The molecule has 6 heteroatoms. The predicted octanol–water partition coefficient (Wildman–Crippen LogP) is 4.21. The molecule has 1 aliphatic rings. The second-order valence-electron chi connectivity index (χ2n) is 6.16. The first-order chi connectivity index (χ1) is 12.7. The minimum atomic E-state index is -0.0157. The predicted molar refractivity (Wildman–Crippen MR) is 100 cm³/mol. The van der Waals surface area contributed by atoms with E-state index in [0.29, 0.717) is 17.4 Å². The summed E-state index contributed by atoms with van der Waals surface area (Å²) in [5.74, 6) is 0.639. The van der Waals surface area contributed by atoms with Gasteiger partial charge in [-0.15, -0.1) is 10.2 Å². The van der Waals surface area contributed by atoms with Gasteiger partial charge >= 0.3 is 0 Å². The molecule has 0 unspecified atom stereocenters. The van der Waals surface area contributed by atoms with E-state index in [0.717, 1.165) is 28.0 Å². The molecule has 0 N–H and O–H groups in total. The van der Waals surface area contributed by atoms with Gasteiger partial charge in [-0.05, 0) is 42.0 Å². The first kappa shape index (κ1) is 15.1. The van der Waals surface area contributed by atoms with Crippen LogP contribution in [0, 0.1) is 0 Å². The Balaban J connectivity index is 1.69. The Labute approximate surface area is 154 Å². The Morgan fingerprint density at radius 2 is 1.77 bits per heavy atom. The molecule has 0 saturated carbocycles. The summed E-state index contributed by atoms with van der Waals surface area (Å²) in [6.07, 6.45) is 1.90. The Kier molecular flexibility index (Phi) is 3.30. The summed E-state index contributed by atoms with van der Waals surface area (Å²) in [6.45, 7) is 0.528. The lowest BCUT2D eigenvalue weighted by atomic mass is 10.1. The van der Waals surface area contributed by atoms with E-state index >= 15 is 0 Å². The number of pyridine rings is 1. The largest absolute Gasteiger partial charge is 0.303 e. The molecule has 4 aromatic rings. The lowest BCUT2D eigenvalue weighted by molar-refractivity contribution is 0.0996. The first-order valence-electron chi connectivity index (χ1n) is 8.22. The molecule has 2 aromatic heterocycles. The minimum Gasteiger partial charge on any atom is -0.303 e. The average Bonchev–Trinajstić information content (AvgIpc) is 3.24. The molecule has 0 aliphatic carbocycles. The number of nitrogens with zero attached hydrogens (tertiary/aromatic N) is 4. The van der Waals surface area contributed by atoms with Gasteiger partial charge in [-0.2, -0.15) is 0 Å². The number of anilines is 1. The summed E-state index contributed by atoms with van der Waals surface area (Å²) in [5, 5.41) is 9.13. The number of rotatable bonds is 2. The molecule has 2 aromatic carbocycles. The zero-order chi connectivity index (χ0) is 17.7. The van der Waals surface area contributed by atoms with Gasteiger partial charge in [-0.1, -0.05) is 35.9 Å². The molecular weight excluding hydrogens is 348 g/mol. The topological polar surface area (TPSA) is 50.5 Å². The van der Waals surface area contributed by atoms with Gasteiger partial charge in [0.2, 0.25) is 0 Å². The van der Waals surface area contributed by atoms with Crippen LogP contribution in [0.1, 0.15) is 15.9 Å². The highest BCUT2D eigenvalue weighted by atomic mass is 35.5. The first-order valence-corrected chi connectivity index (χ1v) is 8.59. The lowest BCUT2D eigenvalue weighted by Crippen LogP contribution is -2.23. The fraction of sp³-hybridized carbons (Fsp3) is 0.0500. The molecular formula is C20H13ClN4O. The smallest absolute Gasteiger partial charge is 0.258 e. The van der Waals surface area contributed by atoms with Crippen LogP contribution >= 0.6 is 11.6 Å². The zero-order valence-electron chi connectivity index (χ0n) is 13.6. The summed E-state index contributed by atoms with van der Waals surface area (Å²) in [6, 6.07) is 18.9. The monoisotopic (exact) mass is 360 g/mol. The molecule has 5 nitrogen and oxygen atoms in total. The van der Waals surface area contributed by atoms with Crippen molar-refractivity contribution in [1.82, 2.24) is 14.6 Å². The number of fused-ring (bicyclic) bond motifs is 2. The number of hydrogen-bond donors (Lipinski definition) is 0. The molecule has 126 valence electrons. The highest BCUT2D eigenvalue weighted by Gasteiger charge is 2.30. The third-order valence-electron chi connectivity index (χ3n) is 4.63. The van der Waals surface area contributed by atoms with Crippen LogP contribution in [0.3, 0.4) is 0 Å². The quantitative estimate of drug-likeness (QED) is 0.538. The van der Waals surface area contributed by atoms with E-state index in [1.54, 1.807) is 11.0 Å². The van der Waals surface area contributed by atoms with Crippen molar-refractivity contribution in [2.75, 3.05) is 4.90 Å². The van der Waals surface area contributed by atoms with E-state index in [2.05, 4.69) is 10.2 Å². The van der Waals surface area contributed by atoms with E-state index in [1.807, 2.05) is 65.2 Å². The van der Waals surface area contributed by atoms with E-state index in [-0.39, 0.29) is 5.91 Å². The third-order valence-corrected chi connectivity index (χ3v) is 4.86. The van der Waals surface area contributed by atoms with Crippen molar-refractivity contribution in [1.29, 1.82) is 0 Å². The van der Waals surface area contributed by atoms with Crippen molar-refractivity contribution < 1.29 is 4.79 Å². The Morgan fingerprint density at radius 1 is 0.923 bits per heavy atom. The van der Waals surface area contributed by atoms with Gasteiger partial charge in [-0.25, -0.2) is 0 Å². The maximum absolute atomic E-state index is 12.9. The van der Waals surface area contributed by atoms with Crippen molar-refractivity contribution >= 4 is 28.8 Å². The van der Waals surface area contributed by atoms with E-state index in [1.165, 1.54) is 0 Å². The van der Waals surface area contributed by atoms with Crippen LogP contribution in [-0.2, 0) is 6.54 Å². The van der Waals surface area contributed by atoms with Crippen LogP contribution in [0.5, 0.6) is 0 Å². The number of carbonyl (C=O) groups is 1. The lowest BCUT2D eigenvalue weighted by Gasteiger charge is -2.19. The van der Waals surface area contributed by atoms with Crippen LogP contribution < -0.4 is 4.90 Å². The standard InChI is InChI=1S/C20H13ClN4O/c21-14-8-9-17(25-12-13-5-1-2-6-15(13)20(25)26)16(11-14)19-23-22-18-7-3-4-10-24(18)19/h1-11H,12H2. The van der Waals surface area contributed by atoms with Gasteiger partial charge in [0.1, 0.15) is 0 Å². The summed E-state index contributed by atoms with van der Waals surface area (Å²) in [4.78, 5) is 14.7. The number of hydrogen-bond acceptors (Lipinski definition) is 3. The fourth-order valence-corrected chi connectivity index (χ4v) is 3.57. The van der Waals surface area contributed by atoms with E-state index < -0.39 is 0 Å². The normalized spacial score (nSPS) is 13.4. The van der Waals surface area contributed by atoms with Crippen molar-refractivity contribution in [2.45, 2.75) is 6.54 Å². The number of halogens is 1. The van der Waals surface area contributed by atoms with Gasteiger partial charge in [0.25, 0.3) is 5.91 Å². The van der Waals surface area contributed by atoms with Crippen molar-refractivity contribution in [3.8, 4) is 11.4 Å². The Morgan fingerprint density at radius 3 is 2.65 bits per heavy atom. The minimum absolute atomic E-state index is 0.0157. The third kappa shape index (κ3) is 2.21. The van der Waals surface area contributed by atoms with Crippen LogP contribution in [0.2, 0.25) is 5.02 Å².